The van der Waals surface area contributed by atoms with E-state index < -0.39 is 35.8 Å². The van der Waals surface area contributed by atoms with Crippen LogP contribution in [0.5, 0.6) is 5.88 Å². The summed E-state index contributed by atoms with van der Waals surface area (Å²) >= 11 is 5.79. The average Bonchev–Trinajstić information content (AvgIpc) is 3.55. The fourth-order valence-electron chi connectivity index (χ4n) is 5.41. The molecule has 0 unspecified atom stereocenters. The molecule has 0 spiro atoms. The third-order valence-corrected chi connectivity index (χ3v) is 8.07. The van der Waals surface area contributed by atoms with E-state index in [2.05, 4.69) is 24.6 Å². The molecule has 16 heteroatoms. The number of alkyl halides is 3. The van der Waals surface area contributed by atoms with Gasteiger partial charge in [0.15, 0.2) is 5.65 Å². The van der Waals surface area contributed by atoms with Crippen molar-refractivity contribution in [2.45, 2.75) is 51.4 Å². The predicted octanol–water partition coefficient (Wildman–Crippen LogP) is 4.91. The quantitative estimate of drug-likeness (QED) is 0.235. The molecule has 4 aromatic heterocycles. The van der Waals surface area contributed by atoms with E-state index in [9.17, 15) is 22.4 Å². The number of hydrogen-bond acceptors (Lipinski definition) is 9. The summed E-state index contributed by atoms with van der Waals surface area (Å²) < 4.78 is 74.0. The molecule has 45 heavy (non-hydrogen) atoms. The first kappa shape index (κ1) is 29.4. The summed E-state index contributed by atoms with van der Waals surface area (Å²) in [5.74, 6) is -1.15. The summed E-state index contributed by atoms with van der Waals surface area (Å²) in [4.78, 5) is 29.6. The molecule has 0 aliphatic carbocycles. The molecular formula is C29H24ClF4N7O4. The molecule has 2 aliphatic heterocycles. The van der Waals surface area contributed by atoms with Crippen LogP contribution in [0, 0.1) is 5.82 Å². The Hall–Kier alpha value is -4.34. The molecule has 5 aromatic rings. The fourth-order valence-corrected chi connectivity index (χ4v) is 5.57. The second-order valence-electron chi connectivity index (χ2n) is 10.8. The SMILES string of the molecule is O=c1[nH]c(-c2ccc3c(n2)nc(CN2CCc4cc(C(F)(F)F)c(OCc5ccc(Cl)cc5F)nc4C2)n3C[C@@H]2CCO2)no1. The first-order valence-electron chi connectivity index (χ1n) is 14.0. The lowest BCUT2D eigenvalue weighted by Gasteiger charge is -2.30. The van der Waals surface area contributed by atoms with Crippen molar-refractivity contribution in [1.82, 2.24) is 34.6 Å². The highest BCUT2D eigenvalue weighted by molar-refractivity contribution is 6.30. The summed E-state index contributed by atoms with van der Waals surface area (Å²) in [6.07, 6.45) is -3.48. The molecular weight excluding hydrogens is 622 g/mol. The molecule has 7 rings (SSSR count). The minimum absolute atomic E-state index is 0.0162. The molecule has 11 nitrogen and oxygen atoms in total. The van der Waals surface area contributed by atoms with Gasteiger partial charge in [-0.3, -0.25) is 14.4 Å². The fraction of sp³-hybridized carbons (Fsp3) is 0.345. The molecule has 1 N–H and O–H groups in total. The Balaban J connectivity index is 1.16. The predicted molar refractivity (Wildman–Crippen MR) is 151 cm³/mol. The Labute approximate surface area is 256 Å². The Morgan fingerprint density at radius 2 is 1.98 bits per heavy atom. The van der Waals surface area contributed by atoms with Crippen LogP contribution in [0.1, 0.15) is 34.6 Å². The Kier molecular flexibility index (Phi) is 7.54. The summed E-state index contributed by atoms with van der Waals surface area (Å²) in [6.45, 7) is 1.83. The largest absolute Gasteiger partial charge is 0.472 e. The van der Waals surface area contributed by atoms with Gasteiger partial charge in [-0.05, 0) is 48.7 Å². The van der Waals surface area contributed by atoms with Crippen LogP contribution in [0.3, 0.4) is 0 Å². The number of halogens is 5. The third kappa shape index (κ3) is 6.02. The third-order valence-electron chi connectivity index (χ3n) is 7.83. The zero-order valence-electron chi connectivity index (χ0n) is 23.4. The summed E-state index contributed by atoms with van der Waals surface area (Å²) in [7, 11) is 0. The first-order valence-corrected chi connectivity index (χ1v) is 14.4. The number of ether oxygens (including phenoxy) is 2. The number of nitrogens with zero attached hydrogens (tertiary/aromatic N) is 6. The minimum Gasteiger partial charge on any atom is -0.472 e. The number of H-pyrrole nitrogens is 1. The first-order chi connectivity index (χ1) is 21.6. The smallest absolute Gasteiger partial charge is 0.439 e. The van der Waals surface area contributed by atoms with Crippen LogP contribution in [0.2, 0.25) is 5.02 Å². The maximum atomic E-state index is 14.3. The zero-order valence-corrected chi connectivity index (χ0v) is 24.2. The lowest BCUT2D eigenvalue weighted by molar-refractivity contribution is -0.139. The molecule has 0 radical (unpaired) electrons. The number of nitrogens with one attached hydrogen (secondary N) is 1. The maximum absolute atomic E-state index is 14.3. The molecule has 0 amide bonds. The van der Waals surface area contributed by atoms with Crippen molar-refractivity contribution in [3.63, 3.8) is 0 Å². The molecule has 6 heterocycles. The molecule has 0 saturated carbocycles. The van der Waals surface area contributed by atoms with E-state index in [1.165, 1.54) is 12.1 Å². The number of aromatic amines is 1. The van der Waals surface area contributed by atoms with Gasteiger partial charge >= 0.3 is 11.9 Å². The number of benzene rings is 1. The normalized spacial score (nSPS) is 17.0. The van der Waals surface area contributed by atoms with Crippen LogP contribution >= 0.6 is 11.6 Å². The highest BCUT2D eigenvalue weighted by Gasteiger charge is 2.37. The van der Waals surface area contributed by atoms with Crippen molar-refractivity contribution in [1.29, 1.82) is 0 Å². The van der Waals surface area contributed by atoms with Gasteiger partial charge in [0.2, 0.25) is 11.7 Å². The van der Waals surface area contributed by atoms with E-state index in [-0.39, 0.29) is 29.1 Å². The lowest BCUT2D eigenvalue weighted by Crippen LogP contribution is -2.34. The van der Waals surface area contributed by atoms with Gasteiger partial charge in [0.1, 0.15) is 29.5 Å². The van der Waals surface area contributed by atoms with Gasteiger partial charge < -0.3 is 14.0 Å². The standard InChI is InChI=1S/C29H24ClF4N7O4/c30-17-2-1-16(20(31)10-17)14-44-27-19(29(32,33)34)9-15-5-7-40(12-22(15)36-27)13-24-37-26-23(41(24)11-18-6-8-43-18)4-3-21(35-26)25-38-28(42)45-39-25/h1-4,9-10,18H,5-8,11-14H2,(H,38,39,42)/t18-/m0/s1. The van der Waals surface area contributed by atoms with Gasteiger partial charge in [0, 0.05) is 30.3 Å². The highest BCUT2D eigenvalue weighted by atomic mass is 35.5. The second kappa shape index (κ2) is 11.5. The maximum Gasteiger partial charge on any atom is 0.439 e. The van der Waals surface area contributed by atoms with Crippen LogP contribution in [0.25, 0.3) is 22.7 Å². The lowest BCUT2D eigenvalue weighted by atomic mass is 10.0. The van der Waals surface area contributed by atoms with E-state index in [4.69, 9.17) is 26.1 Å². The summed E-state index contributed by atoms with van der Waals surface area (Å²) in [5.41, 5.74) is 1.50. The zero-order chi connectivity index (χ0) is 31.3. The van der Waals surface area contributed by atoms with Crippen LogP contribution in [0.4, 0.5) is 17.6 Å². The topological polar surface area (TPSA) is 124 Å². The van der Waals surface area contributed by atoms with E-state index in [1.807, 2.05) is 15.5 Å². The molecule has 2 aliphatic rings. The van der Waals surface area contributed by atoms with Crippen molar-refractivity contribution in [3.05, 3.63) is 86.0 Å². The van der Waals surface area contributed by atoms with Crippen molar-refractivity contribution in [2.24, 2.45) is 0 Å². The molecule has 1 aromatic carbocycles. The van der Waals surface area contributed by atoms with Crippen LogP contribution < -0.4 is 10.5 Å². The van der Waals surface area contributed by atoms with Gasteiger partial charge in [0.05, 0.1) is 30.4 Å². The van der Waals surface area contributed by atoms with Crippen LogP contribution in [0.15, 0.2) is 45.7 Å². The number of fused-ring (bicyclic) bond motifs is 2. The van der Waals surface area contributed by atoms with Gasteiger partial charge in [-0.1, -0.05) is 22.8 Å². The van der Waals surface area contributed by atoms with Gasteiger partial charge in [-0.25, -0.2) is 24.1 Å². The van der Waals surface area contributed by atoms with Gasteiger partial charge in [0.25, 0.3) is 0 Å². The van der Waals surface area contributed by atoms with Crippen molar-refractivity contribution < 1.29 is 31.6 Å². The Morgan fingerprint density at radius 1 is 1.13 bits per heavy atom. The van der Waals surface area contributed by atoms with Gasteiger partial charge in [-0.15, -0.1) is 0 Å². The van der Waals surface area contributed by atoms with E-state index in [0.717, 1.165) is 24.1 Å². The van der Waals surface area contributed by atoms with Crippen LogP contribution in [-0.4, -0.2) is 53.8 Å². The van der Waals surface area contributed by atoms with E-state index in [0.29, 0.717) is 61.1 Å². The molecule has 1 fully saturated rings. The monoisotopic (exact) mass is 645 g/mol. The molecule has 1 saturated heterocycles. The second-order valence-corrected chi connectivity index (χ2v) is 11.3. The van der Waals surface area contributed by atoms with Gasteiger partial charge in [-0.2, -0.15) is 13.2 Å². The van der Waals surface area contributed by atoms with Crippen molar-refractivity contribution in [3.8, 4) is 17.4 Å². The number of imidazole rings is 1. The molecule has 1 atom stereocenters. The Bertz CT molecular complexity index is 1950. The number of aromatic nitrogens is 6. The minimum atomic E-state index is -4.72. The molecule has 0 bridgehead atoms. The van der Waals surface area contributed by atoms with E-state index >= 15 is 0 Å². The van der Waals surface area contributed by atoms with Crippen molar-refractivity contribution >= 4 is 22.8 Å². The number of pyridine rings is 2. The molecule has 234 valence electrons. The van der Waals surface area contributed by atoms with E-state index in [1.54, 1.807) is 6.07 Å². The average molecular weight is 646 g/mol. The van der Waals surface area contributed by atoms with Crippen molar-refractivity contribution in [2.75, 3.05) is 13.2 Å². The van der Waals surface area contributed by atoms with Crippen LogP contribution in [-0.2, 0) is 43.6 Å². The summed E-state index contributed by atoms with van der Waals surface area (Å²) in [6, 6.07) is 8.46. The number of hydrogen-bond donors (Lipinski definition) is 1. The highest BCUT2D eigenvalue weighted by Crippen LogP contribution is 2.38. The Morgan fingerprint density at radius 3 is 2.69 bits per heavy atom. The number of rotatable bonds is 8. The summed E-state index contributed by atoms with van der Waals surface area (Å²) in [5, 5.41) is 3.86.